The second-order valence-electron chi connectivity index (χ2n) is 5.65. The van der Waals surface area contributed by atoms with E-state index in [0.29, 0.717) is 5.56 Å². The molecular formula is C20H15NO5S. The van der Waals surface area contributed by atoms with Crippen LogP contribution in [-0.2, 0) is 10.0 Å². The zero-order chi connectivity index (χ0) is 19.4. The van der Waals surface area contributed by atoms with Crippen LogP contribution in [-0.4, -0.2) is 25.3 Å². The van der Waals surface area contributed by atoms with Gasteiger partial charge in [-0.05, 0) is 24.3 Å². The van der Waals surface area contributed by atoms with Gasteiger partial charge in [-0.1, -0.05) is 54.6 Å². The lowest BCUT2D eigenvalue weighted by atomic mass is 10.0. The van der Waals surface area contributed by atoms with Crippen molar-refractivity contribution in [2.75, 3.05) is 4.72 Å². The Balaban J connectivity index is 2.02. The molecule has 136 valence electrons. The van der Waals surface area contributed by atoms with Gasteiger partial charge in [0.2, 0.25) is 0 Å². The number of ketones is 1. The molecule has 2 N–H and O–H groups in total. The topological polar surface area (TPSA) is 101 Å². The van der Waals surface area contributed by atoms with E-state index in [-0.39, 0.29) is 27.5 Å². The van der Waals surface area contributed by atoms with Crippen LogP contribution in [0, 0.1) is 0 Å². The Labute approximate surface area is 156 Å². The Bertz CT molecular complexity index is 1110. The number of carbonyl (C=O) groups is 2. The zero-order valence-electron chi connectivity index (χ0n) is 14.0. The van der Waals surface area contributed by atoms with E-state index in [4.69, 9.17) is 0 Å². The number of carboxylic acids is 1. The number of hydrogen-bond donors (Lipinski definition) is 2. The highest BCUT2D eigenvalue weighted by Gasteiger charge is 2.24. The fourth-order valence-corrected chi connectivity index (χ4v) is 3.87. The maximum atomic E-state index is 12.8. The number of hydrogen-bond acceptors (Lipinski definition) is 4. The van der Waals surface area contributed by atoms with Crippen LogP contribution in [0.5, 0.6) is 0 Å². The summed E-state index contributed by atoms with van der Waals surface area (Å²) in [6, 6.07) is 19.9. The summed E-state index contributed by atoms with van der Waals surface area (Å²) in [7, 11) is -4.21. The van der Waals surface area contributed by atoms with E-state index in [0.717, 1.165) is 0 Å². The highest BCUT2D eigenvalue weighted by molar-refractivity contribution is 7.92. The Hall–Kier alpha value is -3.45. The van der Waals surface area contributed by atoms with Crippen molar-refractivity contribution in [3.63, 3.8) is 0 Å². The molecule has 0 aliphatic heterocycles. The molecule has 0 heterocycles. The summed E-state index contributed by atoms with van der Waals surface area (Å²) in [6.45, 7) is 0. The van der Waals surface area contributed by atoms with E-state index >= 15 is 0 Å². The molecule has 3 rings (SSSR count). The van der Waals surface area contributed by atoms with Crippen LogP contribution in [0.3, 0.4) is 0 Å². The minimum absolute atomic E-state index is 0.0755. The molecule has 0 unspecified atom stereocenters. The summed E-state index contributed by atoms with van der Waals surface area (Å²) >= 11 is 0. The molecule has 3 aromatic rings. The first-order valence-electron chi connectivity index (χ1n) is 7.94. The van der Waals surface area contributed by atoms with Crippen molar-refractivity contribution >= 4 is 27.5 Å². The van der Waals surface area contributed by atoms with Crippen LogP contribution in [0.2, 0.25) is 0 Å². The summed E-state index contributed by atoms with van der Waals surface area (Å²) in [5.41, 5.74) is 0.304. The van der Waals surface area contributed by atoms with Crippen LogP contribution < -0.4 is 4.72 Å². The fourth-order valence-electron chi connectivity index (χ4n) is 2.59. The van der Waals surface area contributed by atoms with Gasteiger partial charge in [0.25, 0.3) is 10.0 Å². The second kappa shape index (κ2) is 7.43. The van der Waals surface area contributed by atoms with Gasteiger partial charge < -0.3 is 5.11 Å². The van der Waals surface area contributed by atoms with E-state index in [2.05, 4.69) is 4.72 Å². The molecule has 0 spiro atoms. The Kier molecular flexibility index (Phi) is 5.05. The van der Waals surface area contributed by atoms with Crippen LogP contribution in [0.25, 0.3) is 0 Å². The molecule has 0 aliphatic carbocycles. The summed E-state index contributed by atoms with van der Waals surface area (Å²) in [5.74, 6) is -1.70. The van der Waals surface area contributed by atoms with Gasteiger partial charge in [0, 0.05) is 11.1 Å². The molecule has 0 atom stereocenters. The molecule has 0 saturated carbocycles. The smallest absolute Gasteiger partial charge is 0.337 e. The Morgan fingerprint density at radius 2 is 1.30 bits per heavy atom. The minimum Gasteiger partial charge on any atom is -0.478 e. The summed E-state index contributed by atoms with van der Waals surface area (Å²) in [4.78, 5) is 23.7. The van der Waals surface area contributed by atoms with Crippen molar-refractivity contribution in [1.29, 1.82) is 0 Å². The third kappa shape index (κ3) is 3.88. The van der Waals surface area contributed by atoms with Gasteiger partial charge in [-0.3, -0.25) is 9.52 Å². The van der Waals surface area contributed by atoms with Gasteiger partial charge >= 0.3 is 5.97 Å². The van der Waals surface area contributed by atoms with E-state index in [9.17, 15) is 23.1 Å². The molecule has 6 nitrogen and oxygen atoms in total. The predicted octanol–water partition coefficient (Wildman–Crippen LogP) is 3.42. The lowest BCUT2D eigenvalue weighted by Crippen LogP contribution is -2.18. The number of para-hydroxylation sites is 1. The summed E-state index contributed by atoms with van der Waals surface area (Å²) < 4.78 is 27.8. The SMILES string of the molecule is O=C(c1ccccc1)c1ccccc1NS(=O)(=O)c1ccccc1C(=O)O. The number of anilines is 1. The van der Waals surface area contributed by atoms with Crippen LogP contribution in [0.1, 0.15) is 26.3 Å². The van der Waals surface area contributed by atoms with Gasteiger partial charge in [0.05, 0.1) is 11.3 Å². The highest BCUT2D eigenvalue weighted by atomic mass is 32.2. The van der Waals surface area contributed by atoms with E-state index in [1.807, 2.05) is 0 Å². The number of aromatic carboxylic acids is 1. The first-order chi connectivity index (χ1) is 12.9. The van der Waals surface area contributed by atoms with Crippen LogP contribution >= 0.6 is 0 Å². The minimum atomic E-state index is -4.21. The molecule has 0 amide bonds. The number of carboxylic acid groups (broad SMARTS) is 1. The lowest BCUT2D eigenvalue weighted by molar-refractivity contribution is 0.0692. The quantitative estimate of drug-likeness (QED) is 0.637. The molecular weight excluding hydrogens is 366 g/mol. The molecule has 7 heteroatoms. The Morgan fingerprint density at radius 1 is 0.741 bits per heavy atom. The van der Waals surface area contributed by atoms with Crippen molar-refractivity contribution in [1.82, 2.24) is 0 Å². The number of benzene rings is 3. The first-order valence-corrected chi connectivity index (χ1v) is 9.42. The monoisotopic (exact) mass is 381 g/mol. The third-order valence-electron chi connectivity index (χ3n) is 3.86. The maximum Gasteiger partial charge on any atom is 0.337 e. The van der Waals surface area contributed by atoms with E-state index in [1.165, 1.54) is 36.4 Å². The zero-order valence-corrected chi connectivity index (χ0v) is 14.8. The second-order valence-corrected chi connectivity index (χ2v) is 7.30. The number of sulfonamides is 1. The number of carbonyl (C=O) groups excluding carboxylic acids is 1. The number of rotatable bonds is 6. The van der Waals surface area contributed by atoms with Crippen molar-refractivity contribution in [3.8, 4) is 0 Å². The molecule has 0 saturated heterocycles. The van der Waals surface area contributed by atoms with E-state index in [1.54, 1.807) is 42.5 Å². The van der Waals surface area contributed by atoms with Gasteiger partial charge in [0.15, 0.2) is 5.78 Å². The summed E-state index contributed by atoms with van der Waals surface area (Å²) in [5, 5.41) is 9.24. The highest BCUT2D eigenvalue weighted by Crippen LogP contribution is 2.24. The predicted molar refractivity (Wildman–Crippen MR) is 101 cm³/mol. The molecule has 27 heavy (non-hydrogen) atoms. The lowest BCUT2D eigenvalue weighted by Gasteiger charge is -2.13. The van der Waals surface area contributed by atoms with Crippen molar-refractivity contribution in [2.45, 2.75) is 4.90 Å². The van der Waals surface area contributed by atoms with Gasteiger partial charge in [-0.2, -0.15) is 0 Å². The van der Waals surface area contributed by atoms with Crippen molar-refractivity contribution < 1.29 is 23.1 Å². The number of nitrogens with one attached hydrogen (secondary N) is 1. The molecule has 0 aliphatic rings. The van der Waals surface area contributed by atoms with Gasteiger partial charge in [0.1, 0.15) is 4.90 Å². The Morgan fingerprint density at radius 3 is 1.96 bits per heavy atom. The normalized spacial score (nSPS) is 11.0. The van der Waals surface area contributed by atoms with E-state index < -0.39 is 16.0 Å². The van der Waals surface area contributed by atoms with Crippen LogP contribution in [0.15, 0.2) is 83.8 Å². The molecule has 3 aromatic carbocycles. The van der Waals surface area contributed by atoms with Gasteiger partial charge in [-0.15, -0.1) is 0 Å². The van der Waals surface area contributed by atoms with Gasteiger partial charge in [-0.25, -0.2) is 13.2 Å². The molecule has 0 radical (unpaired) electrons. The average molecular weight is 381 g/mol. The first kappa shape index (κ1) is 18.3. The standard InChI is InChI=1S/C20H15NO5S/c22-19(14-8-2-1-3-9-14)15-10-4-6-12-17(15)21-27(25,26)18-13-7-5-11-16(18)20(23)24/h1-13,21H,(H,23,24). The largest absolute Gasteiger partial charge is 0.478 e. The fraction of sp³-hybridized carbons (Fsp3) is 0. The van der Waals surface area contributed by atoms with Crippen molar-refractivity contribution in [3.05, 3.63) is 95.6 Å². The third-order valence-corrected chi connectivity index (χ3v) is 5.28. The average Bonchev–Trinajstić information content (AvgIpc) is 2.68. The molecule has 0 bridgehead atoms. The molecule has 0 aromatic heterocycles. The molecule has 0 fully saturated rings. The maximum absolute atomic E-state index is 12.8. The van der Waals surface area contributed by atoms with Crippen LogP contribution in [0.4, 0.5) is 5.69 Å². The van der Waals surface area contributed by atoms with Crippen molar-refractivity contribution in [2.24, 2.45) is 0 Å². The summed E-state index contributed by atoms with van der Waals surface area (Å²) in [6.07, 6.45) is 0.